The third kappa shape index (κ3) is 2.93. The highest BCUT2D eigenvalue weighted by molar-refractivity contribution is 5.84. The number of ether oxygens (including phenoxy) is 2. The van der Waals surface area contributed by atoms with Crippen LogP contribution in [0.3, 0.4) is 0 Å². The van der Waals surface area contributed by atoms with Gasteiger partial charge in [0.05, 0.1) is 18.4 Å². The molecule has 2 heterocycles. The van der Waals surface area contributed by atoms with Gasteiger partial charge in [-0.2, -0.15) is 4.99 Å². The number of nitrogens with zero attached hydrogens (tertiary/aromatic N) is 1. The van der Waals surface area contributed by atoms with Crippen LogP contribution < -0.4 is 16.1 Å². The number of nitrogens with two attached hydrogens (primary N) is 1. The van der Waals surface area contributed by atoms with Crippen molar-refractivity contribution in [3.05, 3.63) is 82.2 Å². The van der Waals surface area contributed by atoms with Crippen molar-refractivity contribution in [2.45, 2.75) is 6.10 Å². The predicted octanol–water partition coefficient (Wildman–Crippen LogP) is 3.23. The summed E-state index contributed by atoms with van der Waals surface area (Å²) in [5, 5.41) is 0.808. The first-order valence-corrected chi connectivity index (χ1v) is 8.04. The molecule has 0 spiro atoms. The summed E-state index contributed by atoms with van der Waals surface area (Å²) in [6.07, 6.45) is 1.06. The van der Waals surface area contributed by atoms with Crippen molar-refractivity contribution >= 4 is 22.7 Å². The van der Waals surface area contributed by atoms with Crippen molar-refractivity contribution in [1.82, 2.24) is 0 Å². The van der Waals surface area contributed by atoms with E-state index in [1.54, 1.807) is 25.3 Å². The molecule has 2 N–H and O–H groups in total. The van der Waals surface area contributed by atoms with Crippen LogP contribution in [-0.2, 0) is 4.74 Å². The lowest BCUT2D eigenvalue weighted by atomic mass is 10.0. The summed E-state index contributed by atoms with van der Waals surface area (Å²) >= 11 is 0. The van der Waals surface area contributed by atoms with E-state index in [-0.39, 0.29) is 6.02 Å². The minimum atomic E-state index is -0.686. The van der Waals surface area contributed by atoms with Crippen LogP contribution in [0.2, 0.25) is 0 Å². The summed E-state index contributed by atoms with van der Waals surface area (Å²) in [7, 11) is 1.60. The van der Waals surface area contributed by atoms with Crippen LogP contribution in [0.1, 0.15) is 17.2 Å². The monoisotopic (exact) mass is 348 g/mol. The Bertz CT molecular complexity index is 1100. The molecule has 1 aliphatic rings. The normalized spacial score (nSPS) is 16.6. The van der Waals surface area contributed by atoms with E-state index in [0.29, 0.717) is 22.6 Å². The van der Waals surface area contributed by atoms with E-state index < -0.39 is 11.7 Å². The quantitative estimate of drug-likeness (QED) is 0.734. The molecule has 1 aromatic heterocycles. The lowest BCUT2D eigenvalue weighted by Crippen LogP contribution is -2.25. The molecule has 3 aromatic rings. The van der Waals surface area contributed by atoms with Crippen LogP contribution in [0, 0.1) is 0 Å². The Hall–Kier alpha value is -3.54. The van der Waals surface area contributed by atoms with Gasteiger partial charge >= 0.3 is 5.63 Å². The number of methoxy groups -OCH3 is 1. The minimum Gasteiger partial charge on any atom is -0.497 e. The van der Waals surface area contributed by atoms with Crippen LogP contribution in [-0.4, -0.2) is 13.1 Å². The zero-order chi connectivity index (χ0) is 18.1. The highest BCUT2D eigenvalue weighted by Crippen LogP contribution is 2.30. The number of amidine groups is 1. The molecule has 1 unspecified atom stereocenters. The van der Waals surface area contributed by atoms with Gasteiger partial charge in [-0.1, -0.05) is 30.3 Å². The third-order valence-electron chi connectivity index (χ3n) is 4.13. The topological polar surface area (TPSA) is 87.0 Å². The number of para-hydroxylation sites is 1. The Morgan fingerprint density at radius 2 is 1.96 bits per heavy atom. The summed E-state index contributed by atoms with van der Waals surface area (Å²) < 4.78 is 16.2. The molecule has 1 aliphatic heterocycles. The van der Waals surface area contributed by atoms with Gasteiger partial charge in [0.2, 0.25) is 0 Å². The van der Waals surface area contributed by atoms with Crippen LogP contribution in [0.4, 0.5) is 0 Å². The standard InChI is InChI=1S/C20H16N2O4/c1-24-14-7-4-6-12(9-14)16-11-18(26-20(21)22-16)15-10-13-5-2-3-8-17(13)25-19(15)23/h2-11,18H,1H3,(H2,21,22). The summed E-state index contributed by atoms with van der Waals surface area (Å²) in [4.78, 5) is 16.6. The molecular formula is C20H16N2O4. The molecule has 0 fully saturated rings. The Balaban J connectivity index is 1.80. The van der Waals surface area contributed by atoms with E-state index in [4.69, 9.17) is 19.6 Å². The van der Waals surface area contributed by atoms with Crippen molar-refractivity contribution < 1.29 is 13.9 Å². The van der Waals surface area contributed by atoms with Gasteiger partial charge in [0.1, 0.15) is 11.3 Å². The van der Waals surface area contributed by atoms with E-state index in [1.165, 1.54) is 0 Å². The van der Waals surface area contributed by atoms with Gasteiger partial charge in [0, 0.05) is 10.9 Å². The molecule has 0 aliphatic carbocycles. The second kappa shape index (κ2) is 6.40. The van der Waals surface area contributed by atoms with E-state index in [9.17, 15) is 4.79 Å². The largest absolute Gasteiger partial charge is 0.497 e. The van der Waals surface area contributed by atoms with Gasteiger partial charge in [-0.25, -0.2) is 4.79 Å². The Morgan fingerprint density at radius 1 is 1.12 bits per heavy atom. The first-order valence-electron chi connectivity index (χ1n) is 8.04. The highest BCUT2D eigenvalue weighted by Gasteiger charge is 2.23. The second-order valence-corrected chi connectivity index (χ2v) is 5.80. The molecule has 0 bridgehead atoms. The van der Waals surface area contributed by atoms with Gasteiger partial charge in [-0.15, -0.1) is 0 Å². The van der Waals surface area contributed by atoms with Crippen molar-refractivity contribution in [1.29, 1.82) is 0 Å². The second-order valence-electron chi connectivity index (χ2n) is 5.80. The number of benzene rings is 2. The average molecular weight is 348 g/mol. The number of hydrogen-bond donors (Lipinski definition) is 1. The molecular weight excluding hydrogens is 332 g/mol. The van der Waals surface area contributed by atoms with Crippen LogP contribution in [0.15, 0.2) is 74.9 Å². The average Bonchev–Trinajstić information content (AvgIpc) is 2.67. The minimum absolute atomic E-state index is 0.0112. The first kappa shape index (κ1) is 16.0. The van der Waals surface area contributed by atoms with Gasteiger partial charge < -0.3 is 19.6 Å². The van der Waals surface area contributed by atoms with Gasteiger partial charge in [-0.05, 0) is 30.3 Å². The summed E-state index contributed by atoms with van der Waals surface area (Å²) in [5.74, 6) is 0.699. The van der Waals surface area contributed by atoms with E-state index in [0.717, 1.165) is 10.9 Å². The lowest BCUT2D eigenvalue weighted by Gasteiger charge is -2.20. The van der Waals surface area contributed by atoms with E-state index >= 15 is 0 Å². The van der Waals surface area contributed by atoms with Crippen molar-refractivity contribution in [2.75, 3.05) is 7.11 Å². The molecule has 6 heteroatoms. The van der Waals surface area contributed by atoms with Gasteiger partial charge in [0.25, 0.3) is 6.02 Å². The Kier molecular flexibility index (Phi) is 3.93. The lowest BCUT2D eigenvalue weighted by molar-refractivity contribution is 0.228. The highest BCUT2D eigenvalue weighted by atomic mass is 16.5. The third-order valence-corrected chi connectivity index (χ3v) is 4.13. The fraction of sp³-hybridized carbons (Fsp3) is 0.100. The van der Waals surface area contributed by atoms with Gasteiger partial charge in [0.15, 0.2) is 6.10 Å². The molecule has 6 nitrogen and oxygen atoms in total. The molecule has 26 heavy (non-hydrogen) atoms. The van der Waals surface area contributed by atoms with Crippen molar-refractivity contribution in [2.24, 2.45) is 10.7 Å². The molecule has 1 atom stereocenters. The number of hydrogen-bond acceptors (Lipinski definition) is 6. The van der Waals surface area contributed by atoms with Crippen LogP contribution >= 0.6 is 0 Å². The van der Waals surface area contributed by atoms with E-state index in [2.05, 4.69) is 4.99 Å². The summed E-state index contributed by atoms with van der Waals surface area (Å²) in [6, 6.07) is 16.5. The zero-order valence-corrected chi connectivity index (χ0v) is 14.0. The molecule has 0 radical (unpaired) electrons. The van der Waals surface area contributed by atoms with Crippen LogP contribution in [0.5, 0.6) is 5.75 Å². The maximum Gasteiger partial charge on any atom is 0.343 e. The molecule has 2 aromatic carbocycles. The Morgan fingerprint density at radius 3 is 2.81 bits per heavy atom. The predicted molar refractivity (Wildman–Crippen MR) is 98.9 cm³/mol. The molecule has 0 saturated carbocycles. The maximum atomic E-state index is 12.4. The zero-order valence-electron chi connectivity index (χ0n) is 14.0. The molecule has 130 valence electrons. The number of fused-ring (bicyclic) bond motifs is 1. The fourth-order valence-electron chi connectivity index (χ4n) is 2.86. The van der Waals surface area contributed by atoms with E-state index in [1.807, 2.05) is 42.5 Å². The summed E-state index contributed by atoms with van der Waals surface area (Å²) in [5.41, 5.74) is 7.68. The number of rotatable bonds is 3. The molecule has 0 saturated heterocycles. The smallest absolute Gasteiger partial charge is 0.343 e. The van der Waals surface area contributed by atoms with Crippen molar-refractivity contribution in [3.63, 3.8) is 0 Å². The molecule has 4 rings (SSSR count). The first-order chi connectivity index (χ1) is 12.6. The summed E-state index contributed by atoms with van der Waals surface area (Å²) in [6.45, 7) is 0. The number of aliphatic imine (C=N–C) groups is 1. The molecule has 0 amide bonds. The SMILES string of the molecule is COc1cccc(C2=CC(c3cc4ccccc4oc3=O)OC(N)=N2)c1. The van der Waals surface area contributed by atoms with Crippen LogP contribution in [0.25, 0.3) is 16.7 Å². The fourth-order valence-corrected chi connectivity index (χ4v) is 2.86. The Labute approximate surface area is 149 Å². The maximum absolute atomic E-state index is 12.4. The van der Waals surface area contributed by atoms with Gasteiger partial charge in [-0.3, -0.25) is 0 Å². The van der Waals surface area contributed by atoms with Crippen molar-refractivity contribution in [3.8, 4) is 5.75 Å².